The van der Waals surface area contributed by atoms with E-state index >= 15 is 0 Å². The van der Waals surface area contributed by atoms with Gasteiger partial charge in [-0.2, -0.15) is 0 Å². The number of carbonyl (C=O) groups is 1. The molecule has 0 saturated carbocycles. The van der Waals surface area contributed by atoms with Gasteiger partial charge in [0.25, 0.3) is 0 Å². The predicted molar refractivity (Wildman–Crippen MR) is 82.3 cm³/mol. The summed E-state index contributed by atoms with van der Waals surface area (Å²) >= 11 is 0. The van der Waals surface area contributed by atoms with Crippen LogP contribution in [0, 0.1) is 0 Å². The molecule has 0 bridgehead atoms. The van der Waals surface area contributed by atoms with Gasteiger partial charge in [-0.15, -0.1) is 0 Å². The molecule has 2 rings (SSSR count). The van der Waals surface area contributed by atoms with Crippen molar-refractivity contribution in [3.05, 3.63) is 54.4 Å². The minimum Gasteiger partial charge on any atom is -0.497 e. The summed E-state index contributed by atoms with van der Waals surface area (Å²) in [5, 5.41) is 5.96. The molecule has 1 aromatic heterocycles. The number of nitrogens with one attached hydrogen (secondary N) is 2. The Morgan fingerprint density at radius 2 is 2.00 bits per heavy atom. The lowest BCUT2D eigenvalue weighted by molar-refractivity contribution is -0.115. The molecule has 1 heterocycles. The zero-order valence-corrected chi connectivity index (χ0v) is 12.2. The highest BCUT2D eigenvalue weighted by molar-refractivity contribution is 5.92. The topological polar surface area (TPSA) is 63.2 Å². The van der Waals surface area contributed by atoms with Gasteiger partial charge < -0.3 is 15.4 Å². The zero-order valence-electron chi connectivity index (χ0n) is 12.2. The summed E-state index contributed by atoms with van der Waals surface area (Å²) in [6.45, 7) is 2.20. The monoisotopic (exact) mass is 285 g/mol. The summed E-state index contributed by atoms with van der Waals surface area (Å²) in [5.74, 6) is 0.665. The first-order chi connectivity index (χ1) is 10.2. The van der Waals surface area contributed by atoms with Crippen molar-refractivity contribution in [3.8, 4) is 5.75 Å². The molecule has 1 amide bonds. The van der Waals surface area contributed by atoms with Gasteiger partial charge >= 0.3 is 0 Å². The molecular weight excluding hydrogens is 266 g/mol. The molecule has 0 unspecified atom stereocenters. The van der Waals surface area contributed by atoms with Crippen LogP contribution in [-0.4, -0.2) is 24.5 Å². The van der Waals surface area contributed by atoms with Crippen LogP contribution in [0.5, 0.6) is 5.75 Å². The van der Waals surface area contributed by atoms with Crippen LogP contribution < -0.4 is 15.4 Å². The normalized spacial score (nSPS) is 11.7. The maximum atomic E-state index is 11.9. The zero-order chi connectivity index (χ0) is 15.1. The largest absolute Gasteiger partial charge is 0.497 e. The summed E-state index contributed by atoms with van der Waals surface area (Å²) < 4.78 is 5.07. The first kappa shape index (κ1) is 15.0. The van der Waals surface area contributed by atoms with E-state index in [1.165, 1.54) is 0 Å². The van der Waals surface area contributed by atoms with E-state index in [4.69, 9.17) is 4.74 Å². The van der Waals surface area contributed by atoms with Gasteiger partial charge in [0.05, 0.1) is 19.3 Å². The van der Waals surface area contributed by atoms with Crippen molar-refractivity contribution in [2.45, 2.75) is 13.0 Å². The number of methoxy groups -OCH3 is 1. The lowest BCUT2D eigenvalue weighted by Gasteiger charge is -2.13. The summed E-state index contributed by atoms with van der Waals surface area (Å²) in [5.41, 5.74) is 1.66. The third kappa shape index (κ3) is 4.57. The van der Waals surface area contributed by atoms with Gasteiger partial charge in [-0.1, -0.05) is 6.07 Å². The Balaban J connectivity index is 1.81. The second-order valence-electron chi connectivity index (χ2n) is 4.63. The Labute approximate surface area is 124 Å². The minimum absolute atomic E-state index is 0.0211. The lowest BCUT2D eigenvalue weighted by atomic mass is 10.2. The Morgan fingerprint density at radius 3 is 2.62 bits per heavy atom. The molecule has 0 saturated heterocycles. The van der Waals surface area contributed by atoms with Gasteiger partial charge in [-0.05, 0) is 43.3 Å². The van der Waals surface area contributed by atoms with E-state index in [1.54, 1.807) is 37.6 Å². The van der Waals surface area contributed by atoms with Crippen LogP contribution in [0.15, 0.2) is 48.7 Å². The molecule has 0 aliphatic carbocycles. The fourth-order valence-electron chi connectivity index (χ4n) is 1.86. The Morgan fingerprint density at radius 1 is 1.24 bits per heavy atom. The average molecular weight is 285 g/mol. The molecule has 0 radical (unpaired) electrons. The lowest BCUT2D eigenvalue weighted by Crippen LogP contribution is -2.30. The summed E-state index contributed by atoms with van der Waals surface area (Å²) in [7, 11) is 1.61. The minimum atomic E-state index is -0.0945. The first-order valence-corrected chi connectivity index (χ1v) is 6.77. The van der Waals surface area contributed by atoms with Crippen LogP contribution in [0.3, 0.4) is 0 Å². The van der Waals surface area contributed by atoms with E-state index in [9.17, 15) is 4.79 Å². The number of aromatic nitrogens is 1. The number of carbonyl (C=O) groups excluding carboxylic acids is 1. The highest BCUT2D eigenvalue weighted by atomic mass is 16.5. The van der Waals surface area contributed by atoms with Crippen LogP contribution in [-0.2, 0) is 4.79 Å². The van der Waals surface area contributed by atoms with Gasteiger partial charge in [0.15, 0.2) is 0 Å². The van der Waals surface area contributed by atoms with Gasteiger partial charge in [0.1, 0.15) is 5.75 Å². The highest BCUT2D eigenvalue weighted by Crippen LogP contribution is 2.14. The van der Waals surface area contributed by atoms with Crippen LogP contribution in [0.4, 0.5) is 5.69 Å². The van der Waals surface area contributed by atoms with Crippen molar-refractivity contribution in [2.75, 3.05) is 19.0 Å². The Bertz CT molecular complexity index is 570. The fourth-order valence-corrected chi connectivity index (χ4v) is 1.86. The van der Waals surface area contributed by atoms with Crippen LogP contribution in [0.25, 0.3) is 0 Å². The third-order valence-corrected chi connectivity index (χ3v) is 3.07. The van der Waals surface area contributed by atoms with Gasteiger partial charge in [0.2, 0.25) is 5.91 Å². The van der Waals surface area contributed by atoms with E-state index < -0.39 is 0 Å². The van der Waals surface area contributed by atoms with Crippen molar-refractivity contribution in [1.82, 2.24) is 10.3 Å². The molecule has 110 valence electrons. The van der Waals surface area contributed by atoms with Crippen LogP contribution in [0.1, 0.15) is 18.7 Å². The first-order valence-electron chi connectivity index (χ1n) is 6.77. The standard InChI is InChI=1S/C16H19N3O2/c1-12(15-5-3-4-10-17-15)18-11-16(20)19-13-6-8-14(21-2)9-7-13/h3-10,12,18H,11H2,1-2H3,(H,19,20)/t12-/m1/s1. The number of rotatable bonds is 6. The molecule has 5 heteroatoms. The van der Waals surface area contributed by atoms with Crippen molar-refractivity contribution in [3.63, 3.8) is 0 Å². The second-order valence-corrected chi connectivity index (χ2v) is 4.63. The van der Waals surface area contributed by atoms with Crippen molar-refractivity contribution >= 4 is 11.6 Å². The molecule has 0 spiro atoms. The molecule has 2 N–H and O–H groups in total. The number of amides is 1. The Kier molecular flexibility index (Phi) is 5.29. The molecule has 1 atom stereocenters. The smallest absolute Gasteiger partial charge is 0.238 e. The van der Waals surface area contributed by atoms with Crippen LogP contribution >= 0.6 is 0 Å². The molecule has 2 aromatic rings. The molecule has 1 aromatic carbocycles. The molecular formula is C16H19N3O2. The molecule has 21 heavy (non-hydrogen) atoms. The molecule has 0 aliphatic heterocycles. The summed E-state index contributed by atoms with van der Waals surface area (Å²) in [4.78, 5) is 16.1. The maximum absolute atomic E-state index is 11.9. The summed E-state index contributed by atoms with van der Waals surface area (Å²) in [6.07, 6.45) is 1.74. The fraction of sp³-hybridized carbons (Fsp3) is 0.250. The van der Waals surface area contributed by atoms with E-state index in [2.05, 4.69) is 15.6 Å². The SMILES string of the molecule is COc1ccc(NC(=O)CN[C@H](C)c2ccccn2)cc1. The number of anilines is 1. The van der Waals surface area contributed by atoms with E-state index in [1.807, 2.05) is 25.1 Å². The quantitative estimate of drug-likeness (QED) is 0.855. The average Bonchev–Trinajstić information content (AvgIpc) is 2.54. The predicted octanol–water partition coefficient (Wildman–Crippen LogP) is 2.38. The summed E-state index contributed by atoms with van der Waals surface area (Å²) in [6, 6.07) is 13.0. The van der Waals surface area contributed by atoms with E-state index in [0.717, 1.165) is 17.1 Å². The van der Waals surface area contributed by atoms with Gasteiger partial charge in [-0.25, -0.2) is 0 Å². The number of nitrogens with zero attached hydrogens (tertiary/aromatic N) is 1. The molecule has 0 aliphatic rings. The van der Waals surface area contributed by atoms with Crippen molar-refractivity contribution < 1.29 is 9.53 Å². The molecule has 5 nitrogen and oxygen atoms in total. The maximum Gasteiger partial charge on any atom is 0.238 e. The third-order valence-electron chi connectivity index (χ3n) is 3.07. The van der Waals surface area contributed by atoms with E-state index in [0.29, 0.717) is 0 Å². The van der Waals surface area contributed by atoms with Crippen LogP contribution in [0.2, 0.25) is 0 Å². The number of hydrogen-bond acceptors (Lipinski definition) is 4. The highest BCUT2D eigenvalue weighted by Gasteiger charge is 2.08. The van der Waals surface area contributed by atoms with Gasteiger partial charge in [-0.3, -0.25) is 9.78 Å². The number of ether oxygens (including phenoxy) is 1. The van der Waals surface area contributed by atoms with Crippen molar-refractivity contribution in [1.29, 1.82) is 0 Å². The number of hydrogen-bond donors (Lipinski definition) is 2. The Hall–Kier alpha value is -2.40. The number of pyridine rings is 1. The van der Waals surface area contributed by atoms with E-state index in [-0.39, 0.29) is 18.5 Å². The van der Waals surface area contributed by atoms with Crippen molar-refractivity contribution in [2.24, 2.45) is 0 Å². The number of benzene rings is 1. The van der Waals surface area contributed by atoms with Gasteiger partial charge in [0, 0.05) is 17.9 Å². The molecule has 0 fully saturated rings. The second kappa shape index (κ2) is 7.40.